The van der Waals surface area contributed by atoms with Crippen molar-refractivity contribution >= 4 is 23.2 Å². The van der Waals surface area contributed by atoms with Gasteiger partial charge < -0.3 is 10.6 Å². The first-order valence-electron chi connectivity index (χ1n) is 1.56. The van der Waals surface area contributed by atoms with Gasteiger partial charge in [0.2, 0.25) is 0 Å². The number of alkyl halides is 2. The molecule has 0 amide bonds. The molecule has 0 unspecified atom stereocenters. The molecular formula is C3H10Cl2O2. The van der Waals surface area contributed by atoms with Gasteiger partial charge in [0.1, 0.15) is 0 Å². The monoisotopic (exact) mass is 148 g/mol. The van der Waals surface area contributed by atoms with E-state index in [4.69, 9.17) is 28.3 Å². The smallest absolute Gasteiger partial charge is 0.0967 e. The first-order valence-corrected chi connectivity index (χ1v) is 2.63. The summed E-state index contributed by atoms with van der Waals surface area (Å²) in [7, 11) is 0. The average Bonchev–Trinajstić information content (AvgIpc) is 1.39. The first kappa shape index (κ1) is 15.6. The van der Waals surface area contributed by atoms with E-state index in [1.807, 2.05) is 0 Å². The van der Waals surface area contributed by atoms with Gasteiger partial charge in [0.25, 0.3) is 0 Å². The summed E-state index contributed by atoms with van der Waals surface area (Å²) >= 11 is 9.53. The van der Waals surface area contributed by atoms with Gasteiger partial charge in [-0.2, -0.15) is 0 Å². The van der Waals surface area contributed by atoms with Crippen LogP contribution in [0.4, 0.5) is 0 Å². The van der Waals surface area contributed by atoms with Crippen LogP contribution < -0.4 is 0 Å². The van der Waals surface area contributed by atoms with Crippen molar-refractivity contribution in [1.82, 2.24) is 0 Å². The number of aliphatic hydroxyl groups excluding tert-OH is 1. The Kier molecular flexibility index (Phi) is 70.3. The molecule has 4 heteroatoms. The van der Waals surface area contributed by atoms with E-state index in [-0.39, 0.29) is 17.4 Å². The second-order valence-electron chi connectivity index (χ2n) is 0.417. The lowest BCUT2D eigenvalue weighted by Gasteiger charge is -1.52. The highest BCUT2D eigenvalue weighted by Crippen LogP contribution is 1.73. The second-order valence-corrected chi connectivity index (χ2v) is 1.23. The topological polar surface area (TPSA) is 51.7 Å². The third-order valence-electron chi connectivity index (χ3n) is 0. The van der Waals surface area contributed by atoms with Crippen molar-refractivity contribution in [3.8, 4) is 0 Å². The van der Waals surface area contributed by atoms with E-state index in [9.17, 15) is 0 Å². The Morgan fingerprint density at radius 3 is 1.43 bits per heavy atom. The molecule has 0 aliphatic rings. The molecule has 7 heavy (non-hydrogen) atoms. The van der Waals surface area contributed by atoms with Crippen molar-refractivity contribution in [2.24, 2.45) is 0 Å². The minimum atomic E-state index is 0. The van der Waals surface area contributed by atoms with Crippen LogP contribution in [-0.2, 0) is 0 Å². The van der Waals surface area contributed by atoms with E-state index in [1.54, 1.807) is 6.92 Å². The molecule has 0 heterocycles. The maximum Gasteiger partial charge on any atom is 0.0967 e. The van der Waals surface area contributed by atoms with Crippen LogP contribution in [0.5, 0.6) is 0 Å². The van der Waals surface area contributed by atoms with Gasteiger partial charge in [0, 0.05) is 6.61 Å². The van der Waals surface area contributed by atoms with Gasteiger partial charge in [0.05, 0.1) is 5.34 Å². The Morgan fingerprint density at radius 1 is 1.43 bits per heavy atom. The minimum absolute atomic E-state index is 0. The maximum absolute atomic E-state index is 7.57. The quantitative estimate of drug-likeness (QED) is 0.503. The van der Waals surface area contributed by atoms with Crippen LogP contribution in [0.1, 0.15) is 6.92 Å². The van der Waals surface area contributed by atoms with E-state index in [0.717, 1.165) is 0 Å². The van der Waals surface area contributed by atoms with Crippen LogP contribution in [0.25, 0.3) is 0 Å². The number of rotatable bonds is 0. The van der Waals surface area contributed by atoms with Gasteiger partial charge in [0.15, 0.2) is 0 Å². The Labute approximate surface area is 53.4 Å². The number of halogens is 2. The summed E-state index contributed by atoms with van der Waals surface area (Å²) in [5.74, 6) is 0. The van der Waals surface area contributed by atoms with Gasteiger partial charge in [-0.25, -0.2) is 0 Å². The summed E-state index contributed by atoms with van der Waals surface area (Å²) < 4.78 is 0. The van der Waals surface area contributed by atoms with Crippen molar-refractivity contribution < 1.29 is 10.6 Å². The van der Waals surface area contributed by atoms with E-state index in [1.165, 1.54) is 0 Å². The van der Waals surface area contributed by atoms with Crippen LogP contribution in [0.15, 0.2) is 0 Å². The standard InChI is InChI=1S/C2H6O.CH2Cl2.H2O/c1-2-3;2-1-3;/h3H,2H2,1H3;1H2;1H2. The molecule has 0 aromatic rings. The molecule has 0 bridgehead atoms. The summed E-state index contributed by atoms with van der Waals surface area (Å²) in [6.45, 7) is 1.93. The fourth-order valence-electron chi connectivity index (χ4n) is 0. The zero-order valence-electron chi connectivity index (χ0n) is 4.12. The number of hydrogen-bond donors (Lipinski definition) is 1. The lowest BCUT2D eigenvalue weighted by atomic mass is 10.9. The van der Waals surface area contributed by atoms with E-state index in [2.05, 4.69) is 0 Å². The van der Waals surface area contributed by atoms with E-state index < -0.39 is 0 Å². The van der Waals surface area contributed by atoms with Gasteiger partial charge in [-0.05, 0) is 6.92 Å². The minimum Gasteiger partial charge on any atom is -0.412 e. The fraction of sp³-hybridized carbons (Fsp3) is 1.00. The van der Waals surface area contributed by atoms with Crippen LogP contribution in [0, 0.1) is 0 Å². The van der Waals surface area contributed by atoms with Crippen molar-refractivity contribution in [2.75, 3.05) is 11.9 Å². The molecule has 0 saturated heterocycles. The van der Waals surface area contributed by atoms with Crippen LogP contribution >= 0.6 is 23.2 Å². The summed E-state index contributed by atoms with van der Waals surface area (Å²) in [6.07, 6.45) is 0. The Balaban J connectivity index is -0.0000000400. The number of hydrogen-bond acceptors (Lipinski definition) is 1. The first-order chi connectivity index (χ1) is 2.83. The largest absolute Gasteiger partial charge is 0.412 e. The van der Waals surface area contributed by atoms with Crippen molar-refractivity contribution in [3.05, 3.63) is 0 Å². The molecule has 0 radical (unpaired) electrons. The van der Waals surface area contributed by atoms with Gasteiger partial charge in [-0.3, -0.25) is 0 Å². The van der Waals surface area contributed by atoms with Crippen molar-refractivity contribution in [2.45, 2.75) is 6.92 Å². The normalized spacial score (nSPS) is 5.14. The third-order valence-corrected chi connectivity index (χ3v) is 0. The Hall–Kier alpha value is 0.500. The molecule has 0 atom stereocenters. The highest BCUT2D eigenvalue weighted by molar-refractivity contribution is 6.40. The Morgan fingerprint density at radius 2 is 1.43 bits per heavy atom. The molecule has 3 N–H and O–H groups in total. The summed E-state index contributed by atoms with van der Waals surface area (Å²) in [5.41, 5.74) is 0. The molecule has 0 fully saturated rings. The molecular weight excluding hydrogens is 139 g/mol. The van der Waals surface area contributed by atoms with Gasteiger partial charge in [-0.1, -0.05) is 0 Å². The molecule has 0 rings (SSSR count). The van der Waals surface area contributed by atoms with Crippen LogP contribution in [-0.4, -0.2) is 22.5 Å². The maximum atomic E-state index is 7.57. The molecule has 0 saturated carbocycles. The highest BCUT2D eigenvalue weighted by atomic mass is 35.5. The van der Waals surface area contributed by atoms with Gasteiger partial charge >= 0.3 is 0 Å². The van der Waals surface area contributed by atoms with Crippen LogP contribution in [0.3, 0.4) is 0 Å². The fourth-order valence-corrected chi connectivity index (χ4v) is 0. The summed E-state index contributed by atoms with van der Waals surface area (Å²) in [6, 6.07) is 0. The number of aliphatic hydroxyl groups is 1. The van der Waals surface area contributed by atoms with E-state index in [0.29, 0.717) is 0 Å². The van der Waals surface area contributed by atoms with E-state index >= 15 is 0 Å². The van der Waals surface area contributed by atoms with Crippen LogP contribution in [0.2, 0.25) is 0 Å². The third kappa shape index (κ3) is 527. The molecule has 0 aliphatic heterocycles. The predicted octanol–water partition coefficient (Wildman–Crippen LogP) is 0.595. The highest BCUT2D eigenvalue weighted by Gasteiger charge is 1.41. The lowest BCUT2D eigenvalue weighted by molar-refractivity contribution is 0.318. The van der Waals surface area contributed by atoms with Crippen molar-refractivity contribution in [3.63, 3.8) is 0 Å². The van der Waals surface area contributed by atoms with Crippen molar-refractivity contribution in [1.29, 1.82) is 0 Å². The second kappa shape index (κ2) is 31.5. The zero-order valence-corrected chi connectivity index (χ0v) is 5.63. The molecule has 2 nitrogen and oxygen atoms in total. The summed E-state index contributed by atoms with van der Waals surface area (Å²) in [4.78, 5) is 0. The molecule has 0 aromatic heterocycles. The molecule has 48 valence electrons. The Bertz CT molecular complexity index is 12.9. The average molecular weight is 149 g/mol. The molecule has 0 aromatic carbocycles. The molecule has 0 aliphatic carbocycles. The predicted molar refractivity (Wildman–Crippen MR) is 32.9 cm³/mol. The summed E-state index contributed by atoms with van der Waals surface area (Å²) in [5, 5.41) is 7.76. The zero-order chi connectivity index (χ0) is 5.41. The van der Waals surface area contributed by atoms with Gasteiger partial charge in [-0.15, -0.1) is 23.2 Å². The molecule has 0 spiro atoms. The SMILES string of the molecule is CCO.ClCCl.O. The lowest BCUT2D eigenvalue weighted by Crippen LogP contribution is -1.57.